The van der Waals surface area contributed by atoms with Crippen LogP contribution >= 0.6 is 0 Å². The molecule has 0 radical (unpaired) electrons. The quantitative estimate of drug-likeness (QED) is 0.659. The van der Waals surface area contributed by atoms with E-state index in [-0.39, 0.29) is 0 Å². The first-order valence-electron chi connectivity index (χ1n) is 10.0. The molecular weight excluding hydrogens is 308 g/mol. The molecule has 2 saturated heterocycles. The summed E-state index contributed by atoms with van der Waals surface area (Å²) < 4.78 is 0. The van der Waals surface area contributed by atoms with Crippen LogP contribution < -0.4 is 5.32 Å². The van der Waals surface area contributed by atoms with Crippen LogP contribution in [0.1, 0.15) is 44.1 Å². The number of rotatable bonds is 5. The van der Waals surface area contributed by atoms with Crippen LogP contribution in [0.4, 0.5) is 0 Å². The summed E-state index contributed by atoms with van der Waals surface area (Å²) in [5, 5.41) is 3.51. The van der Waals surface area contributed by atoms with Gasteiger partial charge in [-0.2, -0.15) is 0 Å². The van der Waals surface area contributed by atoms with Crippen LogP contribution in [0.3, 0.4) is 0 Å². The van der Waals surface area contributed by atoms with Crippen molar-refractivity contribution in [2.75, 3.05) is 46.3 Å². The molecule has 3 rings (SSSR count). The second-order valence-electron chi connectivity index (χ2n) is 7.61. The number of likely N-dealkylation sites (tertiary alicyclic amines) is 2. The van der Waals surface area contributed by atoms with Gasteiger partial charge in [-0.1, -0.05) is 30.3 Å². The van der Waals surface area contributed by atoms with Gasteiger partial charge in [-0.05, 0) is 64.2 Å². The van der Waals surface area contributed by atoms with Gasteiger partial charge in [-0.15, -0.1) is 0 Å². The lowest BCUT2D eigenvalue weighted by atomic mass is 9.94. The maximum Gasteiger partial charge on any atom is 0.193 e. The summed E-state index contributed by atoms with van der Waals surface area (Å²) in [5.41, 5.74) is 1.46. The molecule has 4 nitrogen and oxygen atoms in total. The molecule has 0 aliphatic carbocycles. The first-order valence-corrected chi connectivity index (χ1v) is 10.0. The number of aliphatic imine (C=N–C) groups is 1. The molecule has 1 aromatic carbocycles. The molecule has 2 aliphatic heterocycles. The Morgan fingerprint density at radius 1 is 1.12 bits per heavy atom. The van der Waals surface area contributed by atoms with E-state index < -0.39 is 0 Å². The SMILES string of the molecule is CCNC(=NCCC1CCN(C)CC1)N1CCC(c2ccccc2)C1. The van der Waals surface area contributed by atoms with Crippen molar-refractivity contribution >= 4 is 5.96 Å². The molecule has 1 atom stereocenters. The normalized spacial score (nSPS) is 23.2. The smallest absolute Gasteiger partial charge is 0.193 e. The molecule has 0 aromatic heterocycles. The van der Waals surface area contributed by atoms with Crippen molar-refractivity contribution in [3.63, 3.8) is 0 Å². The molecule has 2 heterocycles. The number of hydrogen-bond donors (Lipinski definition) is 1. The van der Waals surface area contributed by atoms with Gasteiger partial charge in [0.1, 0.15) is 0 Å². The average molecular weight is 343 g/mol. The Labute approximate surface area is 153 Å². The van der Waals surface area contributed by atoms with Gasteiger partial charge in [-0.25, -0.2) is 0 Å². The summed E-state index contributed by atoms with van der Waals surface area (Å²) in [7, 11) is 2.23. The van der Waals surface area contributed by atoms with Crippen LogP contribution in [0, 0.1) is 5.92 Å². The van der Waals surface area contributed by atoms with Crippen LogP contribution in [0.2, 0.25) is 0 Å². The van der Waals surface area contributed by atoms with E-state index >= 15 is 0 Å². The van der Waals surface area contributed by atoms with Gasteiger partial charge >= 0.3 is 0 Å². The zero-order chi connectivity index (χ0) is 17.5. The van der Waals surface area contributed by atoms with Gasteiger partial charge in [0, 0.05) is 32.1 Å². The summed E-state index contributed by atoms with van der Waals surface area (Å²) in [5.74, 6) is 2.62. The maximum atomic E-state index is 4.95. The second kappa shape index (κ2) is 9.23. The molecule has 1 N–H and O–H groups in total. The molecule has 0 amide bonds. The Kier molecular flexibility index (Phi) is 6.74. The van der Waals surface area contributed by atoms with E-state index in [1.807, 2.05) is 0 Å². The predicted octanol–water partition coefficient (Wildman–Crippen LogP) is 3.17. The summed E-state index contributed by atoms with van der Waals surface area (Å²) >= 11 is 0. The highest BCUT2D eigenvalue weighted by Crippen LogP contribution is 2.27. The van der Waals surface area contributed by atoms with Gasteiger partial charge in [0.05, 0.1) is 0 Å². The molecular formula is C21H34N4. The largest absolute Gasteiger partial charge is 0.357 e. The number of nitrogens with one attached hydrogen (secondary N) is 1. The lowest BCUT2D eigenvalue weighted by Crippen LogP contribution is -2.40. The Balaban J connectivity index is 1.52. The molecule has 1 unspecified atom stereocenters. The van der Waals surface area contributed by atoms with Crippen molar-refractivity contribution in [3.8, 4) is 0 Å². The molecule has 0 spiro atoms. The van der Waals surface area contributed by atoms with E-state index in [1.165, 1.54) is 44.3 Å². The van der Waals surface area contributed by atoms with Crippen molar-refractivity contribution in [1.82, 2.24) is 15.1 Å². The van der Waals surface area contributed by atoms with Crippen molar-refractivity contribution < 1.29 is 0 Å². The van der Waals surface area contributed by atoms with E-state index in [2.05, 4.69) is 59.4 Å². The maximum absolute atomic E-state index is 4.95. The van der Waals surface area contributed by atoms with Gasteiger partial charge in [0.25, 0.3) is 0 Å². The van der Waals surface area contributed by atoms with E-state index in [0.717, 1.165) is 38.1 Å². The highest BCUT2D eigenvalue weighted by Gasteiger charge is 2.26. The third-order valence-corrected chi connectivity index (χ3v) is 5.73. The molecule has 138 valence electrons. The second-order valence-corrected chi connectivity index (χ2v) is 7.61. The molecule has 0 saturated carbocycles. The Hall–Kier alpha value is -1.55. The third kappa shape index (κ3) is 5.21. The fourth-order valence-corrected chi connectivity index (χ4v) is 4.08. The molecule has 2 fully saturated rings. The van der Waals surface area contributed by atoms with Gasteiger partial charge < -0.3 is 15.1 Å². The standard InChI is InChI=1S/C21H34N4/c1-3-22-21(23-13-9-18-10-14-24(2)15-11-18)25-16-12-20(17-25)19-7-5-4-6-8-19/h4-8,18,20H,3,9-17H2,1-2H3,(H,22,23). The lowest BCUT2D eigenvalue weighted by Gasteiger charge is -2.28. The first-order chi connectivity index (χ1) is 12.3. The van der Waals surface area contributed by atoms with E-state index in [1.54, 1.807) is 0 Å². The van der Waals surface area contributed by atoms with Crippen molar-refractivity contribution in [1.29, 1.82) is 0 Å². The highest BCUT2D eigenvalue weighted by molar-refractivity contribution is 5.80. The van der Waals surface area contributed by atoms with E-state index in [4.69, 9.17) is 4.99 Å². The molecule has 25 heavy (non-hydrogen) atoms. The number of hydrogen-bond acceptors (Lipinski definition) is 2. The average Bonchev–Trinajstić information content (AvgIpc) is 3.13. The van der Waals surface area contributed by atoms with Gasteiger partial charge in [0.15, 0.2) is 5.96 Å². The summed E-state index contributed by atoms with van der Waals surface area (Å²) in [6.45, 7) is 8.77. The van der Waals surface area contributed by atoms with Crippen LogP contribution in [0.25, 0.3) is 0 Å². The minimum Gasteiger partial charge on any atom is -0.357 e. The van der Waals surface area contributed by atoms with Crippen LogP contribution in [-0.4, -0.2) is 62.1 Å². The monoisotopic (exact) mass is 342 g/mol. The van der Waals surface area contributed by atoms with Gasteiger partial charge in [-0.3, -0.25) is 4.99 Å². The van der Waals surface area contributed by atoms with Crippen molar-refractivity contribution in [2.24, 2.45) is 10.9 Å². The number of piperidine rings is 1. The fraction of sp³-hybridized carbons (Fsp3) is 0.667. The zero-order valence-electron chi connectivity index (χ0n) is 16.0. The summed E-state index contributed by atoms with van der Waals surface area (Å²) in [6.07, 6.45) is 5.13. The lowest BCUT2D eigenvalue weighted by molar-refractivity contribution is 0.214. The fourth-order valence-electron chi connectivity index (χ4n) is 4.08. The number of benzene rings is 1. The van der Waals surface area contributed by atoms with Crippen molar-refractivity contribution in [3.05, 3.63) is 35.9 Å². The Morgan fingerprint density at radius 2 is 1.88 bits per heavy atom. The van der Waals surface area contributed by atoms with E-state index in [0.29, 0.717) is 5.92 Å². The van der Waals surface area contributed by atoms with Crippen LogP contribution in [0.5, 0.6) is 0 Å². The number of guanidine groups is 1. The number of nitrogens with zero attached hydrogens (tertiary/aromatic N) is 3. The Bertz CT molecular complexity index is 534. The third-order valence-electron chi connectivity index (χ3n) is 5.73. The molecule has 2 aliphatic rings. The molecule has 1 aromatic rings. The van der Waals surface area contributed by atoms with Crippen LogP contribution in [-0.2, 0) is 0 Å². The first kappa shape index (κ1) is 18.2. The topological polar surface area (TPSA) is 30.9 Å². The van der Waals surface area contributed by atoms with Gasteiger partial charge in [0.2, 0.25) is 0 Å². The molecule has 4 heteroatoms. The highest BCUT2D eigenvalue weighted by atomic mass is 15.3. The van der Waals surface area contributed by atoms with Crippen LogP contribution in [0.15, 0.2) is 35.3 Å². The minimum atomic E-state index is 0.638. The molecule has 0 bridgehead atoms. The summed E-state index contributed by atoms with van der Waals surface area (Å²) in [4.78, 5) is 9.85. The summed E-state index contributed by atoms with van der Waals surface area (Å²) in [6, 6.07) is 10.9. The zero-order valence-corrected chi connectivity index (χ0v) is 16.0. The predicted molar refractivity (Wildman–Crippen MR) is 106 cm³/mol. The Morgan fingerprint density at radius 3 is 2.60 bits per heavy atom. The van der Waals surface area contributed by atoms with E-state index in [9.17, 15) is 0 Å². The van der Waals surface area contributed by atoms with Crippen molar-refractivity contribution in [2.45, 2.75) is 38.5 Å². The minimum absolute atomic E-state index is 0.638.